The van der Waals surface area contributed by atoms with Crippen molar-refractivity contribution < 1.29 is 30.1 Å². The topological polar surface area (TPSA) is 122 Å². The number of amides is 1. The number of aliphatic hydroxyl groups is 4. The molecule has 8 heteroatoms. The summed E-state index contributed by atoms with van der Waals surface area (Å²) in [5, 5.41) is 41.3. The molecule has 0 fully saturated rings. The van der Waals surface area contributed by atoms with Gasteiger partial charge in [0, 0.05) is 20.6 Å². The molecule has 0 radical (unpaired) electrons. The number of likely N-dealkylation sites (N-methyl/N-ethyl adjacent to an activating group) is 1. The van der Waals surface area contributed by atoms with Crippen molar-refractivity contribution in [2.24, 2.45) is 0 Å². The molecule has 4 atom stereocenters. The summed E-state index contributed by atoms with van der Waals surface area (Å²) >= 11 is 0. The minimum absolute atomic E-state index is 0.0688. The van der Waals surface area contributed by atoms with E-state index in [1.807, 2.05) is 0 Å². The van der Waals surface area contributed by atoms with Crippen molar-refractivity contribution in [1.82, 2.24) is 10.4 Å². The van der Waals surface area contributed by atoms with Gasteiger partial charge in [-0.2, -0.15) is 5.06 Å². The van der Waals surface area contributed by atoms with Gasteiger partial charge in [0.25, 0.3) is 0 Å². The van der Waals surface area contributed by atoms with Crippen molar-refractivity contribution in [2.45, 2.75) is 37.8 Å². The molecule has 8 nitrogen and oxygen atoms in total. The number of hydrogen-bond acceptors (Lipinski definition) is 7. The maximum atomic E-state index is 11.0. The monoisotopic (exact) mass is 266 g/mol. The van der Waals surface area contributed by atoms with Crippen LogP contribution in [0.1, 0.15) is 13.3 Å². The molecule has 1 amide bonds. The molecule has 0 aromatic heterocycles. The first kappa shape index (κ1) is 17.2. The van der Waals surface area contributed by atoms with Gasteiger partial charge in [-0.05, 0) is 6.42 Å². The van der Waals surface area contributed by atoms with Gasteiger partial charge in [0.2, 0.25) is 5.91 Å². The van der Waals surface area contributed by atoms with Crippen molar-refractivity contribution in [1.29, 1.82) is 0 Å². The van der Waals surface area contributed by atoms with E-state index in [0.717, 1.165) is 5.06 Å². The number of carbonyl (C=O) groups is 1. The Hall–Kier alpha value is -0.770. The Balaban J connectivity index is 4.80. The fraction of sp³-hybridized carbons (Fsp3) is 0.900. The highest BCUT2D eigenvalue weighted by molar-refractivity contribution is 5.73. The predicted molar refractivity (Wildman–Crippen MR) is 62.1 cm³/mol. The van der Waals surface area contributed by atoms with Gasteiger partial charge in [0.15, 0.2) is 6.23 Å². The van der Waals surface area contributed by atoms with Gasteiger partial charge < -0.3 is 25.7 Å². The summed E-state index contributed by atoms with van der Waals surface area (Å²) < 4.78 is 0. The lowest BCUT2D eigenvalue weighted by atomic mass is 10.0. The fourth-order valence-electron chi connectivity index (χ4n) is 1.45. The van der Waals surface area contributed by atoms with Gasteiger partial charge in [-0.15, -0.1) is 0 Å². The molecule has 0 spiro atoms. The van der Waals surface area contributed by atoms with Crippen LogP contribution >= 0.6 is 0 Å². The molecule has 0 aliphatic heterocycles. The quantitative estimate of drug-likeness (QED) is 0.241. The Labute approximate surface area is 106 Å². The number of rotatable bonds is 8. The number of carbonyl (C=O) groups excluding carboxylic acids is 1. The van der Waals surface area contributed by atoms with Crippen LogP contribution in [-0.2, 0) is 9.63 Å². The van der Waals surface area contributed by atoms with Crippen LogP contribution in [0.2, 0.25) is 0 Å². The molecular formula is C10H22N2O6. The standard InChI is InChI=1S/C10H22N2O6/c1-6(14)11-8(10(17)12(2)18-3)9(16)7(15)4-5-13/h7-10,13,15-17H,4-5H2,1-3H3,(H,11,14)/t7-,8?,9+,10+/m1/s1. The van der Waals surface area contributed by atoms with Crippen LogP contribution in [0.4, 0.5) is 0 Å². The zero-order chi connectivity index (χ0) is 14.3. The van der Waals surface area contributed by atoms with E-state index in [-0.39, 0.29) is 13.0 Å². The van der Waals surface area contributed by atoms with Gasteiger partial charge in [0.1, 0.15) is 6.10 Å². The Morgan fingerprint density at radius 1 is 1.39 bits per heavy atom. The molecule has 0 aliphatic carbocycles. The fourth-order valence-corrected chi connectivity index (χ4v) is 1.45. The third-order valence-corrected chi connectivity index (χ3v) is 2.54. The van der Waals surface area contributed by atoms with Crippen LogP contribution in [0.15, 0.2) is 0 Å². The van der Waals surface area contributed by atoms with Crippen molar-refractivity contribution in [3.05, 3.63) is 0 Å². The first-order valence-electron chi connectivity index (χ1n) is 5.54. The van der Waals surface area contributed by atoms with Crippen LogP contribution in [0.5, 0.6) is 0 Å². The van der Waals surface area contributed by atoms with E-state index < -0.39 is 30.4 Å². The van der Waals surface area contributed by atoms with Crippen molar-refractivity contribution >= 4 is 5.91 Å². The minimum atomic E-state index is -1.44. The smallest absolute Gasteiger partial charge is 0.217 e. The molecule has 5 N–H and O–H groups in total. The Kier molecular flexibility index (Phi) is 8.00. The maximum Gasteiger partial charge on any atom is 0.217 e. The third kappa shape index (κ3) is 5.25. The predicted octanol–water partition coefficient (Wildman–Crippen LogP) is -2.59. The van der Waals surface area contributed by atoms with E-state index in [1.165, 1.54) is 21.1 Å². The van der Waals surface area contributed by atoms with Gasteiger partial charge in [-0.1, -0.05) is 0 Å². The zero-order valence-corrected chi connectivity index (χ0v) is 10.8. The maximum absolute atomic E-state index is 11.0. The average molecular weight is 266 g/mol. The number of hydrogen-bond donors (Lipinski definition) is 5. The zero-order valence-electron chi connectivity index (χ0n) is 10.8. The molecule has 0 aromatic carbocycles. The Morgan fingerprint density at radius 3 is 2.33 bits per heavy atom. The number of nitrogens with zero attached hydrogens (tertiary/aromatic N) is 1. The summed E-state index contributed by atoms with van der Waals surface area (Å²) in [5.41, 5.74) is 0. The first-order valence-corrected chi connectivity index (χ1v) is 5.54. The summed E-state index contributed by atoms with van der Waals surface area (Å²) in [4.78, 5) is 15.8. The second kappa shape index (κ2) is 8.35. The SMILES string of the molecule is CON(C)[C@@H](O)C(NC(C)=O)[C@@H](O)[C@H](O)CCO. The van der Waals surface area contributed by atoms with Gasteiger partial charge in [-0.25, -0.2) is 0 Å². The molecule has 0 saturated carbocycles. The normalized spacial score (nSPS) is 18.2. The number of hydroxylamine groups is 2. The highest BCUT2D eigenvalue weighted by Gasteiger charge is 2.34. The molecular weight excluding hydrogens is 244 g/mol. The number of aliphatic hydroxyl groups excluding tert-OH is 4. The Morgan fingerprint density at radius 2 is 1.94 bits per heavy atom. The molecule has 0 aromatic rings. The molecule has 108 valence electrons. The van der Waals surface area contributed by atoms with Gasteiger partial charge in [-0.3, -0.25) is 9.63 Å². The van der Waals surface area contributed by atoms with Crippen LogP contribution in [0.3, 0.4) is 0 Å². The van der Waals surface area contributed by atoms with E-state index in [2.05, 4.69) is 5.32 Å². The summed E-state index contributed by atoms with van der Waals surface area (Å²) in [6.07, 6.45) is -4.12. The highest BCUT2D eigenvalue weighted by Crippen LogP contribution is 2.10. The highest BCUT2D eigenvalue weighted by atomic mass is 16.7. The molecule has 0 bridgehead atoms. The van der Waals surface area contributed by atoms with Crippen LogP contribution in [0, 0.1) is 0 Å². The van der Waals surface area contributed by atoms with E-state index in [0.29, 0.717) is 0 Å². The van der Waals surface area contributed by atoms with Gasteiger partial charge in [0.05, 0.1) is 19.3 Å². The summed E-state index contributed by atoms with van der Waals surface area (Å²) in [7, 11) is 2.72. The van der Waals surface area contributed by atoms with E-state index in [9.17, 15) is 20.1 Å². The van der Waals surface area contributed by atoms with Crippen LogP contribution < -0.4 is 5.32 Å². The molecule has 18 heavy (non-hydrogen) atoms. The van der Waals surface area contributed by atoms with Gasteiger partial charge >= 0.3 is 0 Å². The second-order valence-electron chi connectivity index (χ2n) is 3.94. The number of nitrogens with one attached hydrogen (secondary N) is 1. The molecule has 0 aliphatic rings. The van der Waals surface area contributed by atoms with E-state index >= 15 is 0 Å². The van der Waals surface area contributed by atoms with Crippen molar-refractivity contribution in [2.75, 3.05) is 20.8 Å². The lowest BCUT2D eigenvalue weighted by Gasteiger charge is -2.34. The van der Waals surface area contributed by atoms with Crippen molar-refractivity contribution in [3.8, 4) is 0 Å². The van der Waals surface area contributed by atoms with E-state index in [1.54, 1.807) is 0 Å². The molecule has 0 heterocycles. The largest absolute Gasteiger partial charge is 0.396 e. The lowest BCUT2D eigenvalue weighted by molar-refractivity contribution is -0.224. The van der Waals surface area contributed by atoms with Crippen LogP contribution in [0.25, 0.3) is 0 Å². The average Bonchev–Trinajstić information content (AvgIpc) is 2.33. The molecule has 1 unspecified atom stereocenters. The molecule has 0 rings (SSSR count). The first-order chi connectivity index (χ1) is 8.34. The Bertz CT molecular complexity index is 253. The summed E-state index contributed by atoms with van der Waals surface area (Å²) in [5.74, 6) is -0.473. The lowest BCUT2D eigenvalue weighted by Crippen LogP contribution is -2.58. The second-order valence-corrected chi connectivity index (χ2v) is 3.94. The summed E-state index contributed by atoms with van der Waals surface area (Å²) in [6.45, 7) is 0.902. The summed E-state index contributed by atoms with van der Waals surface area (Å²) in [6, 6.07) is -1.14. The van der Waals surface area contributed by atoms with Crippen molar-refractivity contribution in [3.63, 3.8) is 0 Å². The minimum Gasteiger partial charge on any atom is -0.396 e. The molecule has 0 saturated heterocycles. The van der Waals surface area contributed by atoms with E-state index in [4.69, 9.17) is 9.94 Å². The van der Waals surface area contributed by atoms with Crippen LogP contribution in [-0.4, -0.2) is 76.6 Å². The third-order valence-electron chi connectivity index (χ3n) is 2.54.